The van der Waals surface area contributed by atoms with Crippen LogP contribution in [0.3, 0.4) is 0 Å². The van der Waals surface area contributed by atoms with Gasteiger partial charge in [-0.3, -0.25) is 9.59 Å². The average molecular weight is 217 g/mol. The number of carbonyl (C=O) groups excluding carboxylic acids is 1. The summed E-state index contributed by atoms with van der Waals surface area (Å²) in [6.45, 7) is 3.08. The van der Waals surface area contributed by atoms with Gasteiger partial charge in [0.05, 0.1) is 0 Å². The first kappa shape index (κ1) is 10.4. The van der Waals surface area contributed by atoms with Crippen LogP contribution in [0, 0.1) is 6.92 Å². The maximum Gasteiger partial charge on any atom is 0.262 e. The average Bonchev–Trinajstić information content (AvgIpc) is 2.23. The fraction of sp³-hybridized carbons (Fsp3) is 0.182. The Morgan fingerprint density at radius 1 is 1.44 bits per heavy atom. The monoisotopic (exact) mass is 217 g/mol. The van der Waals surface area contributed by atoms with Crippen molar-refractivity contribution in [2.24, 2.45) is 0 Å². The van der Waals surface area contributed by atoms with E-state index < -0.39 is 0 Å². The molecule has 0 fully saturated rings. The standard InChI is InChI=1S/C11H11N3O2/c1-7-6-12-9-4-3-5-10(13-8(2)15)14(9)11(7)16/h3-6H,1-2H3,(H,13,15). The Morgan fingerprint density at radius 2 is 2.19 bits per heavy atom. The van der Waals surface area contributed by atoms with Gasteiger partial charge in [0.25, 0.3) is 5.56 Å². The quantitative estimate of drug-likeness (QED) is 0.773. The zero-order chi connectivity index (χ0) is 11.7. The Bertz CT molecular complexity index is 616. The zero-order valence-electron chi connectivity index (χ0n) is 9.02. The first-order chi connectivity index (χ1) is 7.59. The Hall–Kier alpha value is -2.17. The summed E-state index contributed by atoms with van der Waals surface area (Å²) >= 11 is 0. The third kappa shape index (κ3) is 1.67. The number of nitrogens with zero attached hydrogens (tertiary/aromatic N) is 2. The summed E-state index contributed by atoms with van der Waals surface area (Å²) in [5.41, 5.74) is 0.881. The topological polar surface area (TPSA) is 63.5 Å². The molecule has 5 nitrogen and oxygen atoms in total. The Morgan fingerprint density at radius 3 is 2.88 bits per heavy atom. The Labute approximate surface area is 91.7 Å². The molecule has 0 radical (unpaired) electrons. The lowest BCUT2D eigenvalue weighted by molar-refractivity contribution is -0.114. The number of rotatable bonds is 1. The predicted octanol–water partition coefficient (Wildman–Crippen LogP) is 0.961. The molecule has 0 aliphatic carbocycles. The maximum absolute atomic E-state index is 11.9. The molecule has 1 amide bonds. The van der Waals surface area contributed by atoms with Crippen LogP contribution in [0.2, 0.25) is 0 Å². The minimum Gasteiger partial charge on any atom is -0.312 e. The van der Waals surface area contributed by atoms with E-state index in [1.54, 1.807) is 25.1 Å². The molecule has 0 unspecified atom stereocenters. The van der Waals surface area contributed by atoms with Crippen LogP contribution in [0.1, 0.15) is 12.5 Å². The summed E-state index contributed by atoms with van der Waals surface area (Å²) in [4.78, 5) is 27.0. The number of aryl methyl sites for hydroxylation is 1. The van der Waals surface area contributed by atoms with Crippen molar-refractivity contribution in [3.8, 4) is 0 Å². The molecule has 2 aromatic heterocycles. The molecule has 0 bridgehead atoms. The summed E-state index contributed by atoms with van der Waals surface area (Å²) in [5.74, 6) is 0.215. The summed E-state index contributed by atoms with van der Waals surface area (Å²) in [7, 11) is 0. The number of amides is 1. The number of nitrogens with one attached hydrogen (secondary N) is 1. The number of hydrogen-bond donors (Lipinski definition) is 1. The SMILES string of the molecule is CC(=O)Nc1cccc2ncc(C)c(=O)n12. The van der Waals surface area contributed by atoms with E-state index in [1.807, 2.05) is 0 Å². The van der Waals surface area contributed by atoms with Gasteiger partial charge in [0.2, 0.25) is 5.91 Å². The number of hydrogen-bond acceptors (Lipinski definition) is 3. The van der Waals surface area contributed by atoms with Gasteiger partial charge in [0, 0.05) is 18.7 Å². The summed E-state index contributed by atoms with van der Waals surface area (Å²) in [6.07, 6.45) is 1.52. The second-order valence-corrected chi connectivity index (χ2v) is 3.53. The molecule has 0 atom stereocenters. The number of pyridine rings is 1. The number of anilines is 1. The normalized spacial score (nSPS) is 10.4. The predicted molar refractivity (Wildman–Crippen MR) is 60.5 cm³/mol. The third-order valence-corrected chi connectivity index (χ3v) is 2.20. The van der Waals surface area contributed by atoms with E-state index >= 15 is 0 Å². The minimum atomic E-state index is -0.221. The van der Waals surface area contributed by atoms with Crippen molar-refractivity contribution in [2.45, 2.75) is 13.8 Å². The van der Waals surface area contributed by atoms with Gasteiger partial charge in [0.1, 0.15) is 11.5 Å². The Kier molecular flexibility index (Phi) is 2.44. The van der Waals surface area contributed by atoms with Gasteiger partial charge >= 0.3 is 0 Å². The molecule has 0 aliphatic heterocycles. The van der Waals surface area contributed by atoms with E-state index in [2.05, 4.69) is 10.3 Å². The molecular formula is C11H11N3O2. The molecule has 0 spiro atoms. The van der Waals surface area contributed by atoms with E-state index in [9.17, 15) is 9.59 Å². The van der Waals surface area contributed by atoms with Crippen LogP contribution in [0.4, 0.5) is 5.82 Å². The van der Waals surface area contributed by atoms with Crippen LogP contribution in [-0.4, -0.2) is 15.3 Å². The summed E-state index contributed by atoms with van der Waals surface area (Å²) < 4.78 is 1.39. The van der Waals surface area contributed by atoms with Crippen LogP contribution < -0.4 is 10.9 Å². The van der Waals surface area contributed by atoms with Gasteiger partial charge < -0.3 is 5.32 Å². The van der Waals surface area contributed by atoms with E-state index in [4.69, 9.17) is 0 Å². The molecular weight excluding hydrogens is 206 g/mol. The minimum absolute atomic E-state index is 0.172. The van der Waals surface area contributed by atoms with Crippen LogP contribution in [0.15, 0.2) is 29.2 Å². The van der Waals surface area contributed by atoms with Crippen LogP contribution in [0.25, 0.3) is 5.65 Å². The fourth-order valence-corrected chi connectivity index (χ4v) is 1.48. The van der Waals surface area contributed by atoms with Gasteiger partial charge in [-0.05, 0) is 19.1 Å². The molecule has 2 rings (SSSR count). The highest BCUT2D eigenvalue weighted by Gasteiger charge is 2.06. The molecule has 2 aromatic rings. The van der Waals surface area contributed by atoms with Crippen molar-refractivity contribution in [2.75, 3.05) is 5.32 Å². The van der Waals surface area contributed by atoms with Gasteiger partial charge in [-0.25, -0.2) is 9.38 Å². The van der Waals surface area contributed by atoms with Crippen molar-refractivity contribution < 1.29 is 4.79 Å². The van der Waals surface area contributed by atoms with Crippen molar-refractivity contribution in [1.82, 2.24) is 9.38 Å². The molecule has 2 heterocycles. The van der Waals surface area contributed by atoms with E-state index in [1.165, 1.54) is 17.5 Å². The number of aromatic nitrogens is 2. The fourth-order valence-electron chi connectivity index (χ4n) is 1.48. The zero-order valence-corrected chi connectivity index (χ0v) is 9.02. The third-order valence-electron chi connectivity index (χ3n) is 2.20. The summed E-state index contributed by atoms with van der Waals surface area (Å²) in [6, 6.07) is 5.12. The lowest BCUT2D eigenvalue weighted by Crippen LogP contribution is -2.21. The molecule has 0 aliphatic rings. The van der Waals surface area contributed by atoms with E-state index in [-0.39, 0.29) is 11.5 Å². The van der Waals surface area contributed by atoms with Gasteiger partial charge in [-0.1, -0.05) is 6.07 Å². The lowest BCUT2D eigenvalue weighted by atomic mass is 10.3. The van der Waals surface area contributed by atoms with Crippen molar-refractivity contribution in [3.63, 3.8) is 0 Å². The van der Waals surface area contributed by atoms with E-state index in [0.29, 0.717) is 17.0 Å². The maximum atomic E-state index is 11.9. The highest BCUT2D eigenvalue weighted by Crippen LogP contribution is 2.08. The molecule has 0 saturated heterocycles. The molecule has 0 saturated carbocycles. The summed E-state index contributed by atoms with van der Waals surface area (Å²) in [5, 5.41) is 2.60. The van der Waals surface area contributed by atoms with Gasteiger partial charge in [0.15, 0.2) is 0 Å². The van der Waals surface area contributed by atoms with Gasteiger partial charge in [-0.2, -0.15) is 0 Å². The molecule has 16 heavy (non-hydrogen) atoms. The van der Waals surface area contributed by atoms with E-state index in [0.717, 1.165) is 0 Å². The molecule has 0 aromatic carbocycles. The first-order valence-electron chi connectivity index (χ1n) is 4.84. The highest BCUT2D eigenvalue weighted by molar-refractivity contribution is 5.88. The number of carbonyl (C=O) groups is 1. The Balaban J connectivity index is 2.79. The van der Waals surface area contributed by atoms with Crippen molar-refractivity contribution in [3.05, 3.63) is 40.3 Å². The van der Waals surface area contributed by atoms with Crippen molar-refractivity contribution in [1.29, 1.82) is 0 Å². The smallest absolute Gasteiger partial charge is 0.262 e. The molecule has 1 N–H and O–H groups in total. The van der Waals surface area contributed by atoms with Crippen LogP contribution >= 0.6 is 0 Å². The van der Waals surface area contributed by atoms with Crippen molar-refractivity contribution >= 4 is 17.4 Å². The highest BCUT2D eigenvalue weighted by atomic mass is 16.1. The second-order valence-electron chi connectivity index (χ2n) is 3.53. The largest absolute Gasteiger partial charge is 0.312 e. The molecule has 82 valence electrons. The van der Waals surface area contributed by atoms with Crippen LogP contribution in [-0.2, 0) is 4.79 Å². The molecule has 5 heteroatoms. The first-order valence-corrected chi connectivity index (χ1v) is 4.84. The number of fused-ring (bicyclic) bond motifs is 1. The second kappa shape index (κ2) is 3.77. The van der Waals surface area contributed by atoms with Gasteiger partial charge in [-0.15, -0.1) is 0 Å². The lowest BCUT2D eigenvalue weighted by Gasteiger charge is -2.08. The van der Waals surface area contributed by atoms with Crippen LogP contribution in [0.5, 0.6) is 0 Å².